The highest BCUT2D eigenvalue weighted by Crippen LogP contribution is 2.36. The molecule has 5 rings (SSSR count). The number of primary amides is 1. The van der Waals surface area contributed by atoms with Crippen LogP contribution in [0.15, 0.2) is 42.5 Å². The van der Waals surface area contributed by atoms with Crippen LogP contribution in [0.3, 0.4) is 0 Å². The van der Waals surface area contributed by atoms with Crippen LogP contribution in [0.5, 0.6) is 5.75 Å². The molecule has 1 aromatic heterocycles. The lowest BCUT2D eigenvalue weighted by Gasteiger charge is -2.33. The van der Waals surface area contributed by atoms with Crippen LogP contribution in [0.1, 0.15) is 40.7 Å². The molecule has 2 aromatic carbocycles. The number of hydrogen-bond donors (Lipinski definition) is 1. The molecule has 1 atom stereocenters. The number of nitrogens with zero attached hydrogens (tertiary/aromatic N) is 2. The van der Waals surface area contributed by atoms with Gasteiger partial charge in [0.25, 0.3) is 5.91 Å². The lowest BCUT2D eigenvalue weighted by molar-refractivity contribution is -0.0912. The molecule has 6 nitrogen and oxygen atoms in total. The molecule has 1 unspecified atom stereocenters. The first-order valence-electron chi connectivity index (χ1n) is 10.5. The van der Waals surface area contributed by atoms with Crippen LogP contribution in [0.4, 0.5) is 4.39 Å². The Morgan fingerprint density at radius 3 is 2.75 bits per heavy atom. The van der Waals surface area contributed by atoms with Crippen molar-refractivity contribution in [1.29, 1.82) is 0 Å². The van der Waals surface area contributed by atoms with E-state index in [4.69, 9.17) is 15.2 Å². The summed E-state index contributed by atoms with van der Waals surface area (Å²) in [6, 6.07) is 12.7. The van der Waals surface area contributed by atoms with Crippen molar-refractivity contribution < 1.29 is 18.7 Å². The molecule has 2 aliphatic heterocycles. The maximum Gasteiger partial charge on any atom is 0.269 e. The highest BCUT2D eigenvalue weighted by Gasteiger charge is 2.31. The number of amides is 1. The second-order valence-corrected chi connectivity index (χ2v) is 8.16. The number of rotatable bonds is 3. The maximum atomic E-state index is 14.8. The van der Waals surface area contributed by atoms with Crippen LogP contribution in [-0.2, 0) is 17.7 Å². The van der Waals surface area contributed by atoms with Gasteiger partial charge in [-0.15, -0.1) is 0 Å². The summed E-state index contributed by atoms with van der Waals surface area (Å²) < 4.78 is 28.0. The van der Waals surface area contributed by atoms with Gasteiger partial charge in [0.1, 0.15) is 35.3 Å². The fourth-order valence-corrected chi connectivity index (χ4v) is 4.00. The highest BCUT2D eigenvalue weighted by molar-refractivity contribution is 5.93. The average molecular weight is 431 g/mol. The third kappa shape index (κ3) is 3.63. The monoisotopic (exact) mass is 431 g/mol. The second kappa shape index (κ2) is 7.81. The van der Waals surface area contributed by atoms with Crippen molar-refractivity contribution in [2.75, 3.05) is 13.2 Å². The van der Waals surface area contributed by atoms with E-state index in [9.17, 15) is 9.18 Å². The Morgan fingerprint density at radius 2 is 2.06 bits per heavy atom. The Kier molecular flexibility index (Phi) is 4.95. The van der Waals surface area contributed by atoms with Gasteiger partial charge in [0, 0.05) is 18.9 Å². The van der Waals surface area contributed by atoms with Crippen molar-refractivity contribution in [2.24, 2.45) is 5.73 Å². The number of carbonyl (C=O) groups is 1. The van der Waals surface area contributed by atoms with Crippen LogP contribution >= 0.6 is 0 Å². The van der Waals surface area contributed by atoms with E-state index >= 15 is 0 Å². The molecule has 2 aliphatic rings. The average Bonchev–Trinajstić information content (AvgIpc) is 3.01. The fourth-order valence-electron chi connectivity index (χ4n) is 4.00. The topological polar surface area (TPSA) is 79.4 Å². The fraction of sp³-hybridized carbons (Fsp3) is 0.280. The predicted molar refractivity (Wildman–Crippen MR) is 117 cm³/mol. The van der Waals surface area contributed by atoms with E-state index in [2.05, 4.69) is 16.8 Å². The summed E-state index contributed by atoms with van der Waals surface area (Å²) in [5, 5.41) is 0. The van der Waals surface area contributed by atoms with Gasteiger partial charge in [-0.25, -0.2) is 9.37 Å². The molecule has 3 aromatic rings. The number of imidazole rings is 1. The summed E-state index contributed by atoms with van der Waals surface area (Å²) in [5.41, 5.74) is 7.88. The van der Waals surface area contributed by atoms with E-state index in [-0.39, 0.29) is 11.3 Å². The number of hydrogen-bond acceptors (Lipinski definition) is 4. The van der Waals surface area contributed by atoms with E-state index in [0.29, 0.717) is 49.0 Å². The Morgan fingerprint density at radius 1 is 1.28 bits per heavy atom. The van der Waals surface area contributed by atoms with Gasteiger partial charge in [0.15, 0.2) is 0 Å². The Hall–Kier alpha value is -3.63. The minimum Gasteiger partial charge on any atom is -0.491 e. The lowest BCUT2D eigenvalue weighted by atomic mass is 9.97. The normalized spacial score (nSPS) is 18.8. The van der Waals surface area contributed by atoms with Gasteiger partial charge in [-0.1, -0.05) is 42.2 Å². The van der Waals surface area contributed by atoms with E-state index in [0.717, 1.165) is 12.0 Å². The van der Waals surface area contributed by atoms with Crippen LogP contribution < -0.4 is 10.5 Å². The van der Waals surface area contributed by atoms with E-state index < -0.39 is 17.3 Å². The van der Waals surface area contributed by atoms with Crippen LogP contribution in [0.25, 0.3) is 11.4 Å². The molecular weight excluding hydrogens is 409 g/mol. The Labute approximate surface area is 185 Å². The molecule has 0 aliphatic carbocycles. The molecular formula is C25H22FN3O3. The second-order valence-electron chi connectivity index (χ2n) is 8.16. The molecule has 0 radical (unpaired) electrons. The van der Waals surface area contributed by atoms with Gasteiger partial charge in [0.05, 0.1) is 30.0 Å². The minimum atomic E-state index is -0.601. The van der Waals surface area contributed by atoms with Crippen molar-refractivity contribution in [3.63, 3.8) is 0 Å². The molecule has 162 valence electrons. The molecule has 0 saturated carbocycles. The quantitative estimate of drug-likeness (QED) is 0.646. The number of nitrogens with two attached hydrogens (primary N) is 1. The minimum absolute atomic E-state index is 0.212. The van der Waals surface area contributed by atoms with Crippen molar-refractivity contribution in [3.05, 3.63) is 70.8 Å². The van der Waals surface area contributed by atoms with Crippen molar-refractivity contribution >= 4 is 5.91 Å². The van der Waals surface area contributed by atoms with E-state index in [1.165, 1.54) is 6.07 Å². The molecule has 1 fully saturated rings. The summed E-state index contributed by atoms with van der Waals surface area (Å²) in [5.74, 6) is 5.73. The standard InChI is InChI=1S/C25H22FN3O3/c1-25(9-11-32-25)8-7-17-14-18-21(15-19(17)26)31-12-10-29-20(13-16-5-3-2-4-6-16)22(23(27)30)28-24(18)29/h2-6,14-15H,9-13H2,1H3,(H2,27,30). The lowest BCUT2D eigenvalue weighted by Crippen LogP contribution is -2.38. The number of aromatic nitrogens is 2. The van der Waals surface area contributed by atoms with Crippen molar-refractivity contribution in [3.8, 4) is 29.0 Å². The Bertz CT molecular complexity index is 1270. The van der Waals surface area contributed by atoms with Crippen LogP contribution in [0, 0.1) is 17.7 Å². The predicted octanol–water partition coefficient (Wildman–Crippen LogP) is 3.30. The van der Waals surface area contributed by atoms with Gasteiger partial charge in [-0.2, -0.15) is 0 Å². The molecule has 0 bridgehead atoms. The zero-order chi connectivity index (χ0) is 22.3. The summed E-state index contributed by atoms with van der Waals surface area (Å²) >= 11 is 0. The van der Waals surface area contributed by atoms with Crippen LogP contribution in [-0.4, -0.2) is 34.3 Å². The number of ether oxygens (including phenoxy) is 2. The molecule has 1 amide bonds. The molecule has 0 spiro atoms. The SMILES string of the molecule is CC1(C#Cc2cc3c(cc2F)OCCn2c-3nc(C(N)=O)c2Cc2ccccc2)CCO1. The van der Waals surface area contributed by atoms with Crippen molar-refractivity contribution in [1.82, 2.24) is 9.55 Å². The van der Waals surface area contributed by atoms with Gasteiger partial charge >= 0.3 is 0 Å². The van der Waals surface area contributed by atoms with E-state index in [1.807, 2.05) is 41.8 Å². The molecule has 3 heterocycles. The van der Waals surface area contributed by atoms with Crippen LogP contribution in [0.2, 0.25) is 0 Å². The maximum absolute atomic E-state index is 14.8. The largest absolute Gasteiger partial charge is 0.491 e. The number of fused-ring (bicyclic) bond motifs is 3. The van der Waals surface area contributed by atoms with Gasteiger partial charge < -0.3 is 19.8 Å². The van der Waals surface area contributed by atoms with E-state index in [1.54, 1.807) is 6.07 Å². The molecule has 7 heteroatoms. The van der Waals surface area contributed by atoms with Gasteiger partial charge in [-0.05, 0) is 18.6 Å². The van der Waals surface area contributed by atoms with Crippen molar-refractivity contribution in [2.45, 2.75) is 31.9 Å². The van der Waals surface area contributed by atoms with Gasteiger partial charge in [0.2, 0.25) is 0 Å². The first-order valence-corrected chi connectivity index (χ1v) is 10.5. The summed E-state index contributed by atoms with van der Waals surface area (Å²) in [6.45, 7) is 3.31. The number of carbonyl (C=O) groups excluding carboxylic acids is 1. The third-order valence-corrected chi connectivity index (χ3v) is 5.86. The van der Waals surface area contributed by atoms with Gasteiger partial charge in [-0.3, -0.25) is 4.79 Å². The first-order chi connectivity index (χ1) is 15.4. The molecule has 1 saturated heterocycles. The summed E-state index contributed by atoms with van der Waals surface area (Å²) in [6.07, 6.45) is 1.30. The number of benzene rings is 2. The third-order valence-electron chi connectivity index (χ3n) is 5.86. The zero-order valence-electron chi connectivity index (χ0n) is 17.7. The summed E-state index contributed by atoms with van der Waals surface area (Å²) in [7, 11) is 0. The molecule has 32 heavy (non-hydrogen) atoms. The number of halogens is 1. The first kappa shape index (κ1) is 20.3. The zero-order valence-corrected chi connectivity index (χ0v) is 17.7. The highest BCUT2D eigenvalue weighted by atomic mass is 19.1. The molecule has 2 N–H and O–H groups in total. The summed E-state index contributed by atoms with van der Waals surface area (Å²) in [4.78, 5) is 16.8. The Balaban J connectivity index is 1.63. The smallest absolute Gasteiger partial charge is 0.269 e.